The van der Waals surface area contributed by atoms with E-state index in [1.165, 1.54) is 21.7 Å². The van der Waals surface area contributed by atoms with E-state index < -0.39 is 12.1 Å². The largest absolute Gasteiger partial charge is 0.479 e. The number of benzene rings is 1. The van der Waals surface area contributed by atoms with Crippen molar-refractivity contribution in [2.75, 3.05) is 13.1 Å². The predicted molar refractivity (Wildman–Crippen MR) is 86.1 cm³/mol. The number of hydrogen-bond donors (Lipinski definition) is 1. The highest BCUT2D eigenvalue weighted by Gasteiger charge is 2.34. The molecule has 3 rings (SSSR count). The molecule has 132 valence electrons. The van der Waals surface area contributed by atoms with Crippen LogP contribution in [0.5, 0.6) is 0 Å². The highest BCUT2D eigenvalue weighted by atomic mass is 19.1. The molecular formula is C17H18FN3O4. The van der Waals surface area contributed by atoms with Gasteiger partial charge >= 0.3 is 5.97 Å². The molecule has 0 aliphatic carbocycles. The number of carbonyl (C=O) groups excluding carboxylic acids is 1. The smallest absolute Gasteiger partial charge is 0.334 e. The van der Waals surface area contributed by atoms with Crippen LogP contribution in [0.4, 0.5) is 4.39 Å². The second-order valence-corrected chi connectivity index (χ2v) is 6.07. The number of amides is 1. The van der Waals surface area contributed by atoms with Gasteiger partial charge in [0.25, 0.3) is 5.91 Å². The third kappa shape index (κ3) is 3.53. The third-order valence-corrected chi connectivity index (χ3v) is 4.01. The number of hydrogen-bond acceptors (Lipinski definition) is 4. The van der Waals surface area contributed by atoms with Crippen LogP contribution in [0.15, 0.2) is 30.5 Å². The Hall–Kier alpha value is -2.74. The summed E-state index contributed by atoms with van der Waals surface area (Å²) in [5.41, 5.74) is 1.52. The van der Waals surface area contributed by atoms with Crippen molar-refractivity contribution in [1.29, 1.82) is 0 Å². The third-order valence-electron chi connectivity index (χ3n) is 4.01. The first-order valence-corrected chi connectivity index (χ1v) is 7.85. The lowest BCUT2D eigenvalue weighted by Gasteiger charge is -2.34. The summed E-state index contributed by atoms with van der Waals surface area (Å²) in [7, 11) is 0. The van der Waals surface area contributed by atoms with E-state index in [1.54, 1.807) is 32.2 Å². The van der Waals surface area contributed by atoms with Crippen molar-refractivity contribution < 1.29 is 23.8 Å². The van der Waals surface area contributed by atoms with Gasteiger partial charge in [-0.3, -0.25) is 4.79 Å². The number of carboxylic acids is 1. The first-order valence-electron chi connectivity index (χ1n) is 7.85. The number of morpholine rings is 1. The molecule has 0 bridgehead atoms. The molecule has 1 fully saturated rings. The number of rotatable bonds is 3. The van der Waals surface area contributed by atoms with Gasteiger partial charge in [-0.25, -0.2) is 13.9 Å². The van der Waals surface area contributed by atoms with Crippen LogP contribution in [0.25, 0.3) is 5.69 Å². The van der Waals surface area contributed by atoms with E-state index in [-0.39, 0.29) is 30.1 Å². The number of aryl methyl sites for hydroxylation is 1. The van der Waals surface area contributed by atoms with Crippen LogP contribution >= 0.6 is 0 Å². The van der Waals surface area contributed by atoms with Gasteiger partial charge < -0.3 is 14.7 Å². The van der Waals surface area contributed by atoms with Gasteiger partial charge in [0.2, 0.25) is 0 Å². The second kappa shape index (κ2) is 6.64. The topological polar surface area (TPSA) is 84.7 Å². The molecule has 1 aromatic carbocycles. The van der Waals surface area contributed by atoms with Gasteiger partial charge in [0.05, 0.1) is 18.3 Å². The zero-order valence-electron chi connectivity index (χ0n) is 13.8. The number of carboxylic acid groups (broad SMARTS) is 1. The standard InChI is InChI=1S/C17H18FN3O4/c1-10-7-21(13-5-3-12(18)4-6-13)19-15(10)16(22)20-8-11(2)25-14(9-20)17(23)24/h3-7,11,14H,8-9H2,1-2H3,(H,23,24)/t11-,14?/m1/s1. The Morgan fingerprint density at radius 2 is 1.96 bits per heavy atom. The van der Waals surface area contributed by atoms with Gasteiger partial charge in [0.1, 0.15) is 5.82 Å². The molecule has 8 heteroatoms. The first kappa shape index (κ1) is 17.1. The Morgan fingerprint density at radius 1 is 1.28 bits per heavy atom. The molecule has 1 unspecified atom stereocenters. The van der Waals surface area contributed by atoms with Crippen LogP contribution < -0.4 is 0 Å². The van der Waals surface area contributed by atoms with E-state index in [4.69, 9.17) is 9.84 Å². The van der Waals surface area contributed by atoms with Crippen molar-refractivity contribution in [3.8, 4) is 5.69 Å². The minimum Gasteiger partial charge on any atom is -0.479 e. The fraction of sp³-hybridized carbons (Fsp3) is 0.353. The first-order chi connectivity index (χ1) is 11.8. The van der Waals surface area contributed by atoms with Gasteiger partial charge in [-0.1, -0.05) is 0 Å². The maximum Gasteiger partial charge on any atom is 0.334 e. The summed E-state index contributed by atoms with van der Waals surface area (Å²) in [5, 5.41) is 13.4. The van der Waals surface area contributed by atoms with Crippen LogP contribution in [0, 0.1) is 12.7 Å². The molecule has 25 heavy (non-hydrogen) atoms. The molecule has 2 aromatic rings. The monoisotopic (exact) mass is 347 g/mol. The van der Waals surface area contributed by atoms with Crippen LogP contribution in [0.2, 0.25) is 0 Å². The maximum atomic E-state index is 13.0. The molecule has 1 amide bonds. The molecule has 1 N–H and O–H groups in total. The van der Waals surface area contributed by atoms with E-state index in [1.807, 2.05) is 0 Å². The van der Waals surface area contributed by atoms with Crippen molar-refractivity contribution in [2.24, 2.45) is 0 Å². The number of aromatic nitrogens is 2. The summed E-state index contributed by atoms with van der Waals surface area (Å²) in [6, 6.07) is 5.75. The Morgan fingerprint density at radius 3 is 2.60 bits per heavy atom. The minimum atomic E-state index is -1.10. The molecule has 2 heterocycles. The summed E-state index contributed by atoms with van der Waals surface area (Å²) in [6.45, 7) is 3.74. The van der Waals surface area contributed by atoms with Crippen molar-refractivity contribution in [3.05, 3.63) is 47.5 Å². The average Bonchev–Trinajstić information content (AvgIpc) is 2.96. The van der Waals surface area contributed by atoms with Gasteiger partial charge in [-0.05, 0) is 38.1 Å². The molecule has 0 saturated carbocycles. The number of carbonyl (C=O) groups is 2. The lowest BCUT2D eigenvalue weighted by Crippen LogP contribution is -2.52. The van der Waals surface area contributed by atoms with Crippen LogP contribution in [0.1, 0.15) is 23.0 Å². The Kier molecular flexibility index (Phi) is 4.54. The molecular weight excluding hydrogens is 329 g/mol. The van der Waals surface area contributed by atoms with Gasteiger partial charge in [0, 0.05) is 18.3 Å². The van der Waals surface area contributed by atoms with E-state index >= 15 is 0 Å². The van der Waals surface area contributed by atoms with Gasteiger partial charge in [-0.15, -0.1) is 0 Å². The summed E-state index contributed by atoms with van der Waals surface area (Å²) in [4.78, 5) is 25.4. The zero-order chi connectivity index (χ0) is 18.1. The zero-order valence-corrected chi connectivity index (χ0v) is 13.8. The summed E-state index contributed by atoms with van der Waals surface area (Å²) < 4.78 is 19.9. The van der Waals surface area contributed by atoms with Gasteiger partial charge in [0.15, 0.2) is 11.8 Å². The van der Waals surface area contributed by atoms with E-state index in [2.05, 4.69) is 5.10 Å². The van der Waals surface area contributed by atoms with E-state index in [0.29, 0.717) is 17.8 Å². The lowest BCUT2D eigenvalue weighted by molar-refractivity contribution is -0.160. The number of nitrogens with zero attached hydrogens (tertiary/aromatic N) is 3. The Bertz CT molecular complexity index is 803. The molecule has 0 radical (unpaired) electrons. The van der Waals surface area contributed by atoms with Crippen molar-refractivity contribution >= 4 is 11.9 Å². The predicted octanol–water partition coefficient (Wildman–Crippen LogP) is 1.63. The summed E-state index contributed by atoms with van der Waals surface area (Å²) >= 11 is 0. The average molecular weight is 347 g/mol. The fourth-order valence-electron chi connectivity index (χ4n) is 2.80. The van der Waals surface area contributed by atoms with Crippen LogP contribution in [0.3, 0.4) is 0 Å². The molecule has 1 saturated heterocycles. The highest BCUT2D eigenvalue weighted by molar-refractivity contribution is 5.94. The maximum absolute atomic E-state index is 13.0. The van der Waals surface area contributed by atoms with Crippen molar-refractivity contribution in [1.82, 2.24) is 14.7 Å². The molecule has 0 spiro atoms. The lowest BCUT2D eigenvalue weighted by atomic mass is 10.2. The minimum absolute atomic E-state index is 0.0264. The van der Waals surface area contributed by atoms with Crippen molar-refractivity contribution in [3.63, 3.8) is 0 Å². The molecule has 1 aromatic heterocycles. The SMILES string of the molecule is Cc1cn(-c2ccc(F)cc2)nc1C(=O)N1CC(C(=O)O)O[C@H](C)C1. The number of ether oxygens (including phenoxy) is 1. The van der Waals surface area contributed by atoms with E-state index in [9.17, 15) is 14.0 Å². The number of halogens is 1. The second-order valence-electron chi connectivity index (χ2n) is 6.07. The van der Waals surface area contributed by atoms with E-state index in [0.717, 1.165) is 0 Å². The highest BCUT2D eigenvalue weighted by Crippen LogP contribution is 2.18. The van der Waals surface area contributed by atoms with Gasteiger partial charge in [-0.2, -0.15) is 5.10 Å². The molecule has 1 aliphatic rings. The quantitative estimate of drug-likeness (QED) is 0.912. The Balaban J connectivity index is 1.85. The summed E-state index contributed by atoms with van der Waals surface area (Å²) in [6.07, 6.45) is 0.254. The fourth-order valence-corrected chi connectivity index (χ4v) is 2.80. The van der Waals surface area contributed by atoms with Crippen molar-refractivity contribution in [2.45, 2.75) is 26.1 Å². The molecule has 1 aliphatic heterocycles. The normalized spacial score (nSPS) is 20.5. The molecule has 2 atom stereocenters. The summed E-state index contributed by atoms with van der Waals surface area (Å²) in [5.74, 6) is -1.80. The Labute approximate surface area is 143 Å². The van der Waals surface area contributed by atoms with Crippen LogP contribution in [-0.4, -0.2) is 57.0 Å². The molecule has 7 nitrogen and oxygen atoms in total. The number of aliphatic carboxylic acids is 1. The van der Waals surface area contributed by atoms with Crippen LogP contribution in [-0.2, 0) is 9.53 Å².